The highest BCUT2D eigenvalue weighted by Gasteiger charge is 2.18. The summed E-state index contributed by atoms with van der Waals surface area (Å²) >= 11 is 0. The molecule has 0 unspecified atom stereocenters. The van der Waals surface area contributed by atoms with E-state index in [2.05, 4.69) is 5.32 Å². The zero-order chi connectivity index (χ0) is 23.0. The first-order chi connectivity index (χ1) is 15.3. The third-order valence-electron chi connectivity index (χ3n) is 4.71. The molecule has 0 aliphatic rings. The molecule has 168 valence electrons. The Morgan fingerprint density at radius 3 is 2.22 bits per heavy atom. The van der Waals surface area contributed by atoms with Crippen molar-refractivity contribution in [2.75, 3.05) is 23.7 Å². The maximum Gasteiger partial charge on any atom is 0.257 e. The summed E-state index contributed by atoms with van der Waals surface area (Å²) < 4.78 is 44.4. The van der Waals surface area contributed by atoms with Crippen LogP contribution in [0.1, 0.15) is 11.1 Å². The second-order valence-corrected chi connectivity index (χ2v) is 9.17. The first-order valence-electron chi connectivity index (χ1n) is 10.1. The molecule has 3 aromatic rings. The smallest absolute Gasteiger partial charge is 0.257 e. The Morgan fingerprint density at radius 1 is 0.938 bits per heavy atom. The number of anilines is 1. The van der Waals surface area contributed by atoms with E-state index in [1.165, 1.54) is 16.4 Å². The SMILES string of the molecule is CS(=O)(=O)N(Cc1ccc(F)cc1)c1ccc(OCC(=O)NCCc2ccccc2)cc1. The van der Waals surface area contributed by atoms with Crippen LogP contribution in [-0.4, -0.2) is 33.7 Å². The molecule has 0 saturated heterocycles. The van der Waals surface area contributed by atoms with Crippen LogP contribution in [0.25, 0.3) is 0 Å². The van der Waals surface area contributed by atoms with Crippen molar-refractivity contribution in [1.29, 1.82) is 0 Å². The van der Waals surface area contributed by atoms with Gasteiger partial charge in [0.15, 0.2) is 6.61 Å². The molecule has 1 N–H and O–H groups in total. The van der Waals surface area contributed by atoms with Crippen LogP contribution in [0.2, 0.25) is 0 Å². The third-order valence-corrected chi connectivity index (χ3v) is 5.85. The predicted octanol–water partition coefficient (Wildman–Crippen LogP) is 3.53. The van der Waals surface area contributed by atoms with E-state index in [1.54, 1.807) is 36.4 Å². The van der Waals surface area contributed by atoms with Gasteiger partial charge in [-0.05, 0) is 53.9 Å². The largest absolute Gasteiger partial charge is 0.484 e. The second kappa shape index (κ2) is 10.8. The Labute approximate surface area is 187 Å². The van der Waals surface area contributed by atoms with Crippen LogP contribution >= 0.6 is 0 Å². The van der Waals surface area contributed by atoms with E-state index in [4.69, 9.17) is 4.74 Å². The highest BCUT2D eigenvalue weighted by molar-refractivity contribution is 7.92. The van der Waals surface area contributed by atoms with Gasteiger partial charge in [-0.15, -0.1) is 0 Å². The molecule has 3 aromatic carbocycles. The summed E-state index contributed by atoms with van der Waals surface area (Å²) in [6, 6.07) is 21.9. The van der Waals surface area contributed by atoms with E-state index in [0.29, 0.717) is 23.5 Å². The average molecular weight is 457 g/mol. The Bertz CT molecular complexity index is 1120. The van der Waals surface area contributed by atoms with Crippen LogP contribution in [0.5, 0.6) is 5.75 Å². The number of rotatable bonds is 10. The molecule has 0 aliphatic carbocycles. The van der Waals surface area contributed by atoms with Crippen molar-refractivity contribution < 1.29 is 22.3 Å². The van der Waals surface area contributed by atoms with Crippen molar-refractivity contribution in [2.45, 2.75) is 13.0 Å². The number of nitrogens with one attached hydrogen (secondary N) is 1. The molecule has 0 saturated carbocycles. The molecule has 6 nitrogen and oxygen atoms in total. The van der Waals surface area contributed by atoms with E-state index >= 15 is 0 Å². The lowest BCUT2D eigenvalue weighted by Crippen LogP contribution is -2.30. The van der Waals surface area contributed by atoms with Crippen LogP contribution in [0, 0.1) is 5.82 Å². The summed E-state index contributed by atoms with van der Waals surface area (Å²) in [6.45, 7) is 0.445. The number of hydrogen-bond acceptors (Lipinski definition) is 4. The molecule has 0 heterocycles. The summed E-state index contributed by atoms with van der Waals surface area (Å²) in [5, 5.41) is 2.80. The van der Waals surface area contributed by atoms with Crippen LogP contribution in [-0.2, 0) is 27.8 Å². The van der Waals surface area contributed by atoms with Gasteiger partial charge in [0.1, 0.15) is 11.6 Å². The first kappa shape index (κ1) is 23.3. The van der Waals surface area contributed by atoms with Crippen molar-refractivity contribution >= 4 is 21.6 Å². The lowest BCUT2D eigenvalue weighted by molar-refractivity contribution is -0.123. The topological polar surface area (TPSA) is 75.7 Å². The highest BCUT2D eigenvalue weighted by Crippen LogP contribution is 2.24. The number of carbonyl (C=O) groups is 1. The molecule has 0 radical (unpaired) electrons. The zero-order valence-corrected chi connectivity index (χ0v) is 18.5. The molecule has 0 aromatic heterocycles. The summed E-state index contributed by atoms with van der Waals surface area (Å²) in [5.74, 6) is -0.175. The van der Waals surface area contributed by atoms with Crippen LogP contribution < -0.4 is 14.4 Å². The maximum absolute atomic E-state index is 13.1. The number of benzene rings is 3. The number of amides is 1. The van der Waals surface area contributed by atoms with Gasteiger partial charge in [-0.3, -0.25) is 9.10 Å². The fraction of sp³-hybridized carbons (Fsp3) is 0.208. The number of carbonyl (C=O) groups excluding carboxylic acids is 1. The fourth-order valence-corrected chi connectivity index (χ4v) is 3.94. The standard InChI is InChI=1S/C24H25FN2O4S/c1-32(29,30)27(17-20-7-9-21(25)10-8-20)22-11-13-23(14-12-22)31-18-24(28)26-16-15-19-5-3-2-4-6-19/h2-14H,15-18H2,1H3,(H,26,28). The van der Waals surface area contributed by atoms with Crippen molar-refractivity contribution in [3.63, 3.8) is 0 Å². The fourth-order valence-electron chi connectivity index (χ4n) is 3.06. The van der Waals surface area contributed by atoms with Gasteiger partial charge in [-0.2, -0.15) is 0 Å². The summed E-state index contributed by atoms with van der Waals surface area (Å²) in [5.41, 5.74) is 2.24. The highest BCUT2D eigenvalue weighted by atomic mass is 32.2. The maximum atomic E-state index is 13.1. The number of hydrogen-bond donors (Lipinski definition) is 1. The number of nitrogens with zero attached hydrogens (tertiary/aromatic N) is 1. The number of ether oxygens (including phenoxy) is 1. The molecule has 0 bridgehead atoms. The van der Waals surface area contributed by atoms with E-state index in [-0.39, 0.29) is 24.9 Å². The van der Waals surface area contributed by atoms with Gasteiger partial charge >= 0.3 is 0 Å². The molecule has 0 aliphatic heterocycles. The predicted molar refractivity (Wildman–Crippen MR) is 123 cm³/mol. The zero-order valence-electron chi connectivity index (χ0n) is 17.7. The molecule has 0 fully saturated rings. The molecule has 0 spiro atoms. The van der Waals surface area contributed by atoms with Crippen molar-refractivity contribution in [3.05, 3.63) is 95.8 Å². The van der Waals surface area contributed by atoms with E-state index in [1.807, 2.05) is 30.3 Å². The minimum Gasteiger partial charge on any atom is -0.484 e. The van der Waals surface area contributed by atoms with Crippen LogP contribution in [0.4, 0.5) is 10.1 Å². The summed E-state index contributed by atoms with van der Waals surface area (Å²) in [6.07, 6.45) is 1.84. The monoisotopic (exact) mass is 456 g/mol. The number of halogens is 1. The summed E-state index contributed by atoms with van der Waals surface area (Å²) in [7, 11) is -3.56. The van der Waals surface area contributed by atoms with Crippen LogP contribution in [0.3, 0.4) is 0 Å². The Morgan fingerprint density at radius 2 is 1.59 bits per heavy atom. The normalized spacial score (nSPS) is 11.1. The first-order valence-corrected chi connectivity index (χ1v) is 11.9. The van der Waals surface area contributed by atoms with Gasteiger partial charge in [0.25, 0.3) is 5.91 Å². The van der Waals surface area contributed by atoms with Gasteiger partial charge < -0.3 is 10.1 Å². The Kier molecular flexibility index (Phi) is 7.83. The van der Waals surface area contributed by atoms with Gasteiger partial charge in [0.2, 0.25) is 10.0 Å². The average Bonchev–Trinajstić information content (AvgIpc) is 2.78. The molecule has 3 rings (SSSR count). The van der Waals surface area contributed by atoms with E-state index in [9.17, 15) is 17.6 Å². The molecule has 8 heteroatoms. The Hall–Kier alpha value is -3.39. The molecular formula is C24H25FN2O4S. The number of sulfonamides is 1. The molecule has 32 heavy (non-hydrogen) atoms. The molecular weight excluding hydrogens is 431 g/mol. The van der Waals surface area contributed by atoms with Crippen molar-refractivity contribution in [3.8, 4) is 5.75 Å². The van der Waals surface area contributed by atoms with Crippen molar-refractivity contribution in [2.24, 2.45) is 0 Å². The lowest BCUT2D eigenvalue weighted by atomic mass is 10.1. The van der Waals surface area contributed by atoms with Gasteiger partial charge in [0.05, 0.1) is 18.5 Å². The van der Waals surface area contributed by atoms with E-state index < -0.39 is 10.0 Å². The van der Waals surface area contributed by atoms with Gasteiger partial charge in [-0.1, -0.05) is 42.5 Å². The molecule has 0 atom stereocenters. The van der Waals surface area contributed by atoms with Crippen LogP contribution in [0.15, 0.2) is 78.9 Å². The third kappa shape index (κ3) is 7.09. The van der Waals surface area contributed by atoms with Gasteiger partial charge in [-0.25, -0.2) is 12.8 Å². The van der Waals surface area contributed by atoms with Gasteiger partial charge in [0, 0.05) is 6.54 Å². The summed E-state index contributed by atoms with van der Waals surface area (Å²) in [4.78, 5) is 12.0. The minimum absolute atomic E-state index is 0.0726. The quantitative estimate of drug-likeness (QED) is 0.507. The Balaban J connectivity index is 1.54. The van der Waals surface area contributed by atoms with Crippen molar-refractivity contribution in [1.82, 2.24) is 5.32 Å². The van der Waals surface area contributed by atoms with E-state index in [0.717, 1.165) is 18.2 Å². The molecule has 1 amide bonds. The minimum atomic E-state index is -3.56. The second-order valence-electron chi connectivity index (χ2n) is 7.26. The lowest BCUT2D eigenvalue weighted by Gasteiger charge is -2.22.